The van der Waals surface area contributed by atoms with Crippen LogP contribution in [-0.4, -0.2) is 81.7 Å². The summed E-state index contributed by atoms with van der Waals surface area (Å²) in [6.07, 6.45) is -2.47. The van der Waals surface area contributed by atoms with Gasteiger partial charge in [-0.25, -0.2) is 10.4 Å². The topological polar surface area (TPSA) is 157 Å². The van der Waals surface area contributed by atoms with E-state index in [4.69, 9.17) is 23.5 Å². The number of piperazine rings is 1. The molecule has 1 fully saturated rings. The summed E-state index contributed by atoms with van der Waals surface area (Å²) in [6.45, 7) is 3.64. The molecule has 18 heteroatoms. The Balaban J connectivity index is 0.730. The average molecular weight is 842 g/mol. The molecule has 0 aliphatic carbocycles. The van der Waals surface area contributed by atoms with Gasteiger partial charge in [0.25, 0.3) is 5.91 Å². The van der Waals surface area contributed by atoms with Gasteiger partial charge in [0.1, 0.15) is 30.5 Å². The lowest BCUT2D eigenvalue weighted by atomic mass is 10.1. The molecule has 0 atom stereocenters. The molecule has 310 valence electrons. The van der Waals surface area contributed by atoms with E-state index in [2.05, 4.69) is 30.6 Å². The molecular weight excluding hydrogens is 804 g/mol. The fourth-order valence-corrected chi connectivity index (χ4v) is 7.30. The van der Waals surface area contributed by atoms with Crippen LogP contribution < -0.4 is 24.4 Å². The molecule has 2 N–H and O–H groups in total. The number of benzene rings is 4. The van der Waals surface area contributed by atoms with Crippen LogP contribution in [0.4, 0.5) is 13.2 Å². The van der Waals surface area contributed by atoms with Crippen LogP contribution in [0.15, 0.2) is 99.9 Å². The molecule has 2 aliphatic heterocycles. The maximum absolute atomic E-state index is 13.3. The molecule has 0 unspecified atom stereocenters. The van der Waals surface area contributed by atoms with Crippen molar-refractivity contribution in [3.63, 3.8) is 0 Å². The van der Waals surface area contributed by atoms with Crippen LogP contribution in [0.2, 0.25) is 0 Å². The molecule has 1 saturated heterocycles. The number of aromatic hydroxyl groups is 1. The van der Waals surface area contributed by atoms with Crippen LogP contribution in [0.3, 0.4) is 0 Å². The van der Waals surface area contributed by atoms with Gasteiger partial charge >= 0.3 is 6.18 Å². The minimum atomic E-state index is -4.51. The van der Waals surface area contributed by atoms with Gasteiger partial charge < -0.3 is 28.6 Å². The number of carbonyl (C=O) groups is 1. The van der Waals surface area contributed by atoms with E-state index in [0.717, 1.165) is 33.8 Å². The summed E-state index contributed by atoms with van der Waals surface area (Å²) in [5.74, 6) is 2.21. The van der Waals surface area contributed by atoms with Gasteiger partial charge in [0.15, 0.2) is 11.5 Å². The lowest BCUT2D eigenvalue weighted by molar-refractivity contribution is -0.139. The highest BCUT2D eigenvalue weighted by Crippen LogP contribution is 2.36. The number of aromatic nitrogens is 3. The number of phenols is 1. The van der Waals surface area contributed by atoms with Gasteiger partial charge in [-0.2, -0.15) is 23.3 Å². The monoisotopic (exact) mass is 841 g/mol. The normalized spacial score (nSPS) is 14.4. The smallest absolute Gasteiger partial charge is 0.419 e. The van der Waals surface area contributed by atoms with Gasteiger partial charge in [0.2, 0.25) is 18.5 Å². The summed E-state index contributed by atoms with van der Waals surface area (Å²) in [4.78, 5) is 26.0. The predicted molar refractivity (Wildman–Crippen MR) is 213 cm³/mol. The molecule has 0 spiro atoms. The third-order valence-corrected chi connectivity index (χ3v) is 10.5. The zero-order valence-electron chi connectivity index (χ0n) is 31.9. The third kappa shape index (κ3) is 10.4. The first-order valence-electron chi connectivity index (χ1n) is 18.9. The minimum Gasteiger partial charge on any atom is -0.507 e. The summed E-state index contributed by atoms with van der Waals surface area (Å²) in [5, 5.41) is 21.6. The number of phenolic OH excluding ortho intramolecular Hbond substituents is 1. The van der Waals surface area contributed by atoms with Crippen molar-refractivity contribution >= 4 is 23.5 Å². The summed E-state index contributed by atoms with van der Waals surface area (Å²) in [7, 11) is 0. The summed E-state index contributed by atoms with van der Waals surface area (Å²) in [6, 6.07) is 22.8. The number of fused-ring (bicyclic) bond motifs is 1. The first-order valence-corrected chi connectivity index (χ1v) is 19.7. The van der Waals surface area contributed by atoms with Gasteiger partial charge in [-0.05, 0) is 47.5 Å². The Hall–Kier alpha value is -6.50. The largest absolute Gasteiger partial charge is 0.507 e. The number of hydrazone groups is 1. The Morgan fingerprint density at radius 2 is 1.68 bits per heavy atom. The molecule has 14 nitrogen and oxygen atoms in total. The molecule has 0 radical (unpaired) electrons. The number of halogens is 3. The molecule has 8 rings (SSSR count). The van der Waals surface area contributed by atoms with E-state index in [9.17, 15) is 23.1 Å². The molecule has 0 saturated carbocycles. The number of amides is 1. The predicted octanol–water partition coefficient (Wildman–Crippen LogP) is 6.66. The van der Waals surface area contributed by atoms with E-state index in [0.29, 0.717) is 73.3 Å². The van der Waals surface area contributed by atoms with Crippen LogP contribution in [-0.2, 0) is 37.2 Å². The van der Waals surface area contributed by atoms with Crippen molar-refractivity contribution < 1.29 is 46.5 Å². The molecule has 60 heavy (non-hydrogen) atoms. The molecule has 2 aliphatic rings. The number of rotatable bonds is 15. The van der Waals surface area contributed by atoms with Crippen molar-refractivity contribution in [2.45, 2.75) is 32.4 Å². The number of para-hydroxylation sites is 1. The van der Waals surface area contributed by atoms with Gasteiger partial charge in [-0.1, -0.05) is 47.6 Å². The highest BCUT2D eigenvalue weighted by molar-refractivity contribution is 7.09. The zero-order chi connectivity index (χ0) is 41.5. The number of hydrogen-bond donors (Lipinski definition) is 2. The third-order valence-electron chi connectivity index (χ3n) is 9.63. The fraction of sp³-hybridized carbons (Fsp3) is 0.262. The number of carbonyl (C=O) groups excluding carboxylic acids is 1. The minimum absolute atomic E-state index is 0.0368. The van der Waals surface area contributed by atoms with Crippen molar-refractivity contribution in [2.75, 3.05) is 39.5 Å². The highest BCUT2D eigenvalue weighted by atomic mass is 32.1. The first-order chi connectivity index (χ1) is 29.1. The second-order valence-electron chi connectivity index (χ2n) is 13.9. The van der Waals surface area contributed by atoms with Crippen molar-refractivity contribution in [3.8, 4) is 40.1 Å². The van der Waals surface area contributed by atoms with Crippen molar-refractivity contribution in [3.05, 3.63) is 129 Å². The molecule has 2 aromatic heterocycles. The van der Waals surface area contributed by atoms with Crippen LogP contribution in [0.1, 0.15) is 38.8 Å². The van der Waals surface area contributed by atoms with Gasteiger partial charge in [0.05, 0.1) is 35.6 Å². The number of thiazole rings is 1. The van der Waals surface area contributed by atoms with Crippen LogP contribution in [0.5, 0.6) is 28.7 Å². The Kier molecular flexibility index (Phi) is 12.2. The second kappa shape index (κ2) is 18.2. The Bertz CT molecular complexity index is 2450. The van der Waals surface area contributed by atoms with E-state index < -0.39 is 11.7 Å². The standard InChI is InChI=1S/C42H38F3N7O7S/c43-42(44,45)33-3-1-2-4-35(33)56-23-27-5-8-29(9-6-27)41-48-39(59-50-41)22-52-15-13-51(14-16-52)21-38(54)49-46-20-30-10-11-32(19-34(30)53)55-24-31-25-60-40(47-31)18-28-7-12-36-37(17-28)58-26-57-36/h1-12,17,19-20,25,53H,13-16,18,21-24,26H2,(H,49,54)/b46-20+. The average Bonchev–Trinajstić information content (AvgIpc) is 4.03. The fourth-order valence-electron chi connectivity index (χ4n) is 6.48. The zero-order valence-corrected chi connectivity index (χ0v) is 32.7. The van der Waals surface area contributed by atoms with Crippen LogP contribution in [0.25, 0.3) is 11.4 Å². The van der Waals surface area contributed by atoms with Gasteiger partial charge in [0, 0.05) is 55.2 Å². The maximum atomic E-state index is 13.3. The number of ether oxygens (including phenoxy) is 4. The van der Waals surface area contributed by atoms with Crippen LogP contribution >= 0.6 is 11.3 Å². The lowest BCUT2D eigenvalue weighted by Gasteiger charge is -2.33. The maximum Gasteiger partial charge on any atom is 0.419 e. The molecular formula is C42H38F3N7O7S. The van der Waals surface area contributed by atoms with E-state index in [1.807, 2.05) is 28.5 Å². The molecule has 6 aromatic rings. The van der Waals surface area contributed by atoms with E-state index in [1.54, 1.807) is 47.7 Å². The van der Waals surface area contributed by atoms with Crippen molar-refractivity contribution in [1.29, 1.82) is 0 Å². The van der Waals surface area contributed by atoms with Gasteiger partial charge in [-0.15, -0.1) is 11.3 Å². The van der Waals surface area contributed by atoms with E-state index in [-0.39, 0.29) is 44.0 Å². The van der Waals surface area contributed by atoms with Crippen molar-refractivity contribution in [2.24, 2.45) is 5.10 Å². The number of alkyl halides is 3. The summed E-state index contributed by atoms with van der Waals surface area (Å²) < 4.78 is 67.5. The molecule has 0 bridgehead atoms. The molecule has 4 heterocycles. The summed E-state index contributed by atoms with van der Waals surface area (Å²) >= 11 is 1.54. The number of hydrogen-bond acceptors (Lipinski definition) is 14. The Labute approximate surface area is 345 Å². The summed E-state index contributed by atoms with van der Waals surface area (Å²) in [5.41, 5.74) is 5.34. The quantitative estimate of drug-likeness (QED) is 0.0839. The molecule has 1 amide bonds. The number of nitrogens with one attached hydrogen (secondary N) is 1. The molecule has 4 aromatic carbocycles. The second-order valence-corrected chi connectivity index (χ2v) is 14.9. The van der Waals surface area contributed by atoms with Crippen molar-refractivity contribution in [1.82, 2.24) is 30.4 Å². The van der Waals surface area contributed by atoms with E-state index in [1.165, 1.54) is 30.5 Å². The Morgan fingerprint density at radius 1 is 0.900 bits per heavy atom. The number of nitrogens with zero attached hydrogens (tertiary/aromatic N) is 6. The Morgan fingerprint density at radius 3 is 2.50 bits per heavy atom. The van der Waals surface area contributed by atoms with Crippen LogP contribution in [0, 0.1) is 0 Å². The lowest BCUT2D eigenvalue weighted by Crippen LogP contribution is -2.48. The van der Waals surface area contributed by atoms with Gasteiger partial charge in [-0.3, -0.25) is 14.6 Å². The SMILES string of the molecule is O=C(CN1CCN(Cc2nc(-c3ccc(COc4ccccc4C(F)(F)F)cc3)no2)CC1)N/N=C/c1ccc(OCc2csc(Cc3ccc4c(c3)OCO4)n2)cc1O. The van der Waals surface area contributed by atoms with E-state index >= 15 is 0 Å². The highest BCUT2D eigenvalue weighted by Gasteiger charge is 2.34. The first kappa shape index (κ1) is 40.3.